The van der Waals surface area contributed by atoms with E-state index in [1.54, 1.807) is 11.3 Å². The molecule has 9 heteroatoms. The molecule has 152 valence electrons. The molecular weight excluding hydrogens is 435 g/mol. The summed E-state index contributed by atoms with van der Waals surface area (Å²) in [4.78, 5) is 21.1. The van der Waals surface area contributed by atoms with E-state index in [0.29, 0.717) is 6.04 Å². The van der Waals surface area contributed by atoms with Crippen LogP contribution in [0, 0.1) is 6.92 Å². The van der Waals surface area contributed by atoms with Crippen LogP contribution in [-0.2, 0) is 0 Å². The van der Waals surface area contributed by atoms with Crippen molar-refractivity contribution in [2.45, 2.75) is 25.8 Å². The summed E-state index contributed by atoms with van der Waals surface area (Å²) in [5.74, 6) is 0.142. The molecule has 3 aromatic rings. The maximum absolute atomic E-state index is 12.8. The van der Waals surface area contributed by atoms with Crippen molar-refractivity contribution in [1.82, 2.24) is 15.2 Å². The van der Waals surface area contributed by atoms with E-state index in [-0.39, 0.29) is 30.7 Å². The summed E-state index contributed by atoms with van der Waals surface area (Å²) >= 11 is 3.09. The molecule has 0 radical (unpaired) electrons. The maximum Gasteiger partial charge on any atom is 0.264 e. The van der Waals surface area contributed by atoms with Crippen molar-refractivity contribution in [2.24, 2.45) is 0 Å². The molecule has 2 aromatic heterocycles. The number of thiophene rings is 1. The highest BCUT2D eigenvalue weighted by Gasteiger charge is 2.24. The highest BCUT2D eigenvalue weighted by Crippen LogP contribution is 2.35. The number of nitrogens with one attached hydrogen (secondary N) is 2. The van der Waals surface area contributed by atoms with Crippen LogP contribution in [0.1, 0.15) is 28.1 Å². The Hall–Kier alpha value is -1.38. The number of carbonyl (C=O) groups is 1. The summed E-state index contributed by atoms with van der Waals surface area (Å²) in [6.45, 7) is 3.72. The number of carbonyl (C=O) groups excluding carboxylic acids is 1. The zero-order valence-electron chi connectivity index (χ0n) is 15.7. The maximum atomic E-state index is 12.8. The lowest BCUT2D eigenvalue weighted by Crippen LogP contribution is -2.43. The number of aryl methyl sites for hydroxylation is 1. The lowest BCUT2D eigenvalue weighted by molar-refractivity contribution is 0.0712. The van der Waals surface area contributed by atoms with Gasteiger partial charge in [0.1, 0.15) is 4.83 Å². The van der Waals surface area contributed by atoms with Crippen LogP contribution in [0.15, 0.2) is 30.3 Å². The van der Waals surface area contributed by atoms with E-state index in [0.717, 1.165) is 51.2 Å². The minimum atomic E-state index is 0. The first kappa shape index (κ1) is 22.9. The van der Waals surface area contributed by atoms with Crippen molar-refractivity contribution in [3.63, 3.8) is 0 Å². The van der Waals surface area contributed by atoms with Gasteiger partial charge in [-0.3, -0.25) is 4.79 Å². The normalized spacial score (nSPS) is 14.4. The molecule has 0 unspecified atom stereocenters. The molecule has 4 rings (SSSR count). The number of hydrogen-bond acceptors (Lipinski definition) is 6. The number of hydrogen-bond donors (Lipinski definition) is 2. The second kappa shape index (κ2) is 9.89. The predicted octanol–water partition coefficient (Wildman–Crippen LogP) is 5.08. The summed E-state index contributed by atoms with van der Waals surface area (Å²) in [6.07, 6.45) is 2.04. The molecule has 0 spiro atoms. The van der Waals surface area contributed by atoms with E-state index in [9.17, 15) is 4.79 Å². The molecule has 5 nitrogen and oxygen atoms in total. The van der Waals surface area contributed by atoms with E-state index in [1.165, 1.54) is 16.9 Å². The number of thiazole rings is 1. The van der Waals surface area contributed by atoms with Gasteiger partial charge in [0.2, 0.25) is 0 Å². The number of nitrogens with zero attached hydrogens (tertiary/aromatic N) is 2. The Bertz CT molecular complexity index is 904. The molecule has 28 heavy (non-hydrogen) atoms. The monoisotopic (exact) mass is 458 g/mol. The summed E-state index contributed by atoms with van der Waals surface area (Å²) in [6, 6.07) is 10.7. The van der Waals surface area contributed by atoms with E-state index >= 15 is 0 Å². The minimum absolute atomic E-state index is 0. The van der Waals surface area contributed by atoms with Crippen LogP contribution >= 0.6 is 47.5 Å². The van der Waals surface area contributed by atoms with E-state index < -0.39 is 0 Å². The van der Waals surface area contributed by atoms with Crippen molar-refractivity contribution < 1.29 is 4.79 Å². The first-order chi connectivity index (χ1) is 12.6. The molecule has 1 aliphatic rings. The fraction of sp³-hybridized carbons (Fsp3) is 0.368. The van der Waals surface area contributed by atoms with Gasteiger partial charge < -0.3 is 15.5 Å². The number of rotatable bonds is 4. The smallest absolute Gasteiger partial charge is 0.264 e. The third-order valence-corrected chi connectivity index (χ3v) is 6.94. The van der Waals surface area contributed by atoms with Crippen LogP contribution in [0.4, 0.5) is 10.8 Å². The molecule has 0 atom stereocenters. The topological polar surface area (TPSA) is 57.3 Å². The second-order valence-corrected chi connectivity index (χ2v) is 8.66. The van der Waals surface area contributed by atoms with E-state index in [1.807, 2.05) is 30.1 Å². The number of halogens is 2. The molecule has 0 saturated carbocycles. The van der Waals surface area contributed by atoms with Crippen LogP contribution in [0.3, 0.4) is 0 Å². The van der Waals surface area contributed by atoms with E-state index in [4.69, 9.17) is 0 Å². The number of para-hydroxylation sites is 1. The highest BCUT2D eigenvalue weighted by atomic mass is 35.5. The van der Waals surface area contributed by atoms with Gasteiger partial charge in [-0.1, -0.05) is 29.5 Å². The molecule has 0 bridgehead atoms. The Kier molecular flexibility index (Phi) is 8.09. The van der Waals surface area contributed by atoms with Gasteiger partial charge in [-0.05, 0) is 44.5 Å². The lowest BCUT2D eigenvalue weighted by atomic mass is 10.1. The lowest BCUT2D eigenvalue weighted by Gasteiger charge is -2.31. The van der Waals surface area contributed by atoms with Crippen LogP contribution in [0.5, 0.6) is 0 Å². The van der Waals surface area contributed by atoms with Gasteiger partial charge in [-0.25, -0.2) is 4.98 Å². The molecule has 1 aromatic carbocycles. The van der Waals surface area contributed by atoms with Crippen LogP contribution in [0.25, 0.3) is 9.53 Å². The van der Waals surface area contributed by atoms with Crippen molar-refractivity contribution in [1.29, 1.82) is 0 Å². The second-order valence-electron chi connectivity index (χ2n) is 6.59. The third-order valence-electron chi connectivity index (χ3n) is 4.88. The number of amides is 1. The van der Waals surface area contributed by atoms with Crippen molar-refractivity contribution in [3.05, 3.63) is 40.8 Å². The number of fused-ring (bicyclic) bond motifs is 1. The fourth-order valence-corrected chi connectivity index (χ4v) is 5.35. The third kappa shape index (κ3) is 4.78. The minimum Gasteiger partial charge on any atom is -0.338 e. The number of likely N-dealkylation sites (tertiary alicyclic amines) is 1. The fourth-order valence-electron chi connectivity index (χ4n) is 3.25. The molecule has 2 N–H and O–H groups in total. The van der Waals surface area contributed by atoms with Gasteiger partial charge in [-0.15, -0.1) is 36.2 Å². The van der Waals surface area contributed by atoms with Crippen LogP contribution < -0.4 is 10.6 Å². The number of aromatic nitrogens is 1. The Labute approximate surface area is 185 Å². The molecule has 1 amide bonds. The van der Waals surface area contributed by atoms with Gasteiger partial charge >= 0.3 is 0 Å². The Morgan fingerprint density at radius 1 is 1.18 bits per heavy atom. The summed E-state index contributed by atoms with van der Waals surface area (Å²) in [5.41, 5.74) is 2.25. The number of benzene rings is 1. The standard InChI is InChI=1S/C19H22N4OS2.2ClH/c1-12-5-3-4-6-14(12)21-19-22-17-15(26-19)11-16(25-17)18(24)23-9-7-13(20-2)8-10-23;;/h3-6,11,13,20H,7-10H2,1-2H3,(H,21,22);2*1H. The largest absolute Gasteiger partial charge is 0.338 e. The SMILES string of the molecule is CNC1CCN(C(=O)c2cc3sc(Nc4ccccc4C)nc3s2)CC1.Cl.Cl. The Morgan fingerprint density at radius 2 is 1.89 bits per heavy atom. The van der Waals surface area contributed by atoms with Gasteiger partial charge in [-0.2, -0.15) is 0 Å². The Balaban J connectivity index is 0.00000140. The van der Waals surface area contributed by atoms with Gasteiger partial charge in [0.15, 0.2) is 5.13 Å². The summed E-state index contributed by atoms with van der Waals surface area (Å²) < 4.78 is 1.07. The van der Waals surface area contributed by atoms with Gasteiger partial charge in [0.25, 0.3) is 5.91 Å². The van der Waals surface area contributed by atoms with Gasteiger partial charge in [0.05, 0.1) is 9.58 Å². The molecule has 1 saturated heterocycles. The predicted molar refractivity (Wildman–Crippen MR) is 124 cm³/mol. The molecule has 1 aliphatic heterocycles. The summed E-state index contributed by atoms with van der Waals surface area (Å²) in [7, 11) is 1.99. The zero-order valence-corrected chi connectivity index (χ0v) is 19.0. The average molecular weight is 459 g/mol. The van der Waals surface area contributed by atoms with Crippen molar-refractivity contribution in [3.8, 4) is 0 Å². The molecular formula is C19H24Cl2N4OS2. The highest BCUT2D eigenvalue weighted by molar-refractivity contribution is 7.29. The number of piperidine rings is 1. The quantitative estimate of drug-likeness (QED) is 0.572. The first-order valence-corrected chi connectivity index (χ1v) is 10.5. The van der Waals surface area contributed by atoms with Crippen LogP contribution in [0.2, 0.25) is 0 Å². The zero-order chi connectivity index (χ0) is 18.1. The summed E-state index contributed by atoms with van der Waals surface area (Å²) in [5, 5.41) is 7.55. The Morgan fingerprint density at radius 3 is 2.54 bits per heavy atom. The number of anilines is 2. The van der Waals surface area contributed by atoms with Crippen molar-refractivity contribution >= 4 is 73.7 Å². The van der Waals surface area contributed by atoms with E-state index in [2.05, 4.69) is 34.7 Å². The average Bonchev–Trinajstić information content (AvgIpc) is 3.22. The van der Waals surface area contributed by atoms with Crippen molar-refractivity contribution in [2.75, 3.05) is 25.5 Å². The molecule has 0 aliphatic carbocycles. The van der Waals surface area contributed by atoms with Crippen LogP contribution in [-0.4, -0.2) is 42.0 Å². The first-order valence-electron chi connectivity index (χ1n) is 8.83. The van der Waals surface area contributed by atoms with Gasteiger partial charge in [0, 0.05) is 24.8 Å². The molecule has 3 heterocycles. The molecule has 1 fully saturated rings.